The summed E-state index contributed by atoms with van der Waals surface area (Å²) < 4.78 is 0. The minimum Gasteiger partial charge on any atom is -0.354 e. The number of carbonyl (C=O) groups excluding carboxylic acids is 2. The third-order valence-electron chi connectivity index (χ3n) is 4.50. The molecule has 132 valence electrons. The number of carbonyl (C=O) groups is 2. The van der Waals surface area contributed by atoms with Crippen LogP contribution in [-0.2, 0) is 4.79 Å². The molecule has 24 heavy (non-hydrogen) atoms. The Bertz CT molecular complexity index is 568. The molecule has 6 nitrogen and oxygen atoms in total. The topological polar surface area (TPSA) is 82.3 Å². The largest absolute Gasteiger partial charge is 0.354 e. The number of amides is 2. The molecule has 3 unspecified atom stereocenters. The van der Waals surface area contributed by atoms with Crippen LogP contribution in [0, 0.1) is 11.8 Å². The smallest absolute Gasteiger partial charge is 0.251 e. The fourth-order valence-corrected chi connectivity index (χ4v) is 3.28. The first-order valence-corrected chi connectivity index (χ1v) is 8.60. The van der Waals surface area contributed by atoms with Crippen LogP contribution in [0.2, 0.25) is 5.02 Å². The van der Waals surface area contributed by atoms with Crippen molar-refractivity contribution in [1.82, 2.24) is 21.5 Å². The lowest BCUT2D eigenvalue weighted by Gasteiger charge is -2.24. The van der Waals surface area contributed by atoms with E-state index in [0.717, 1.165) is 0 Å². The summed E-state index contributed by atoms with van der Waals surface area (Å²) in [6.07, 6.45) is 0. The maximum Gasteiger partial charge on any atom is 0.251 e. The molecule has 0 bridgehead atoms. The van der Waals surface area contributed by atoms with E-state index < -0.39 is 0 Å². The Kier molecular flexibility index (Phi) is 6.60. The number of nitrogens with one attached hydrogen (secondary N) is 4. The minimum atomic E-state index is -0.180. The van der Waals surface area contributed by atoms with Crippen molar-refractivity contribution in [2.24, 2.45) is 11.8 Å². The zero-order chi connectivity index (χ0) is 17.7. The number of rotatable bonds is 6. The zero-order valence-corrected chi connectivity index (χ0v) is 15.0. The van der Waals surface area contributed by atoms with Crippen molar-refractivity contribution in [3.63, 3.8) is 0 Å². The Morgan fingerprint density at radius 1 is 1.08 bits per heavy atom. The molecule has 4 N–H and O–H groups in total. The minimum absolute atomic E-state index is 0.00458. The summed E-state index contributed by atoms with van der Waals surface area (Å²) in [5.74, 6) is -0.0523. The lowest BCUT2D eigenvalue weighted by atomic mass is 9.84. The van der Waals surface area contributed by atoms with Crippen molar-refractivity contribution >= 4 is 23.4 Å². The number of halogens is 1. The Morgan fingerprint density at radius 3 is 2.21 bits per heavy atom. The molecule has 1 aliphatic heterocycles. The van der Waals surface area contributed by atoms with E-state index in [-0.39, 0.29) is 35.7 Å². The van der Waals surface area contributed by atoms with Crippen LogP contribution < -0.4 is 21.5 Å². The van der Waals surface area contributed by atoms with Crippen LogP contribution in [0.4, 0.5) is 0 Å². The fourth-order valence-electron chi connectivity index (χ4n) is 3.16. The summed E-state index contributed by atoms with van der Waals surface area (Å²) in [4.78, 5) is 24.2. The predicted molar refractivity (Wildman–Crippen MR) is 94.6 cm³/mol. The molecule has 1 saturated heterocycles. The van der Waals surface area contributed by atoms with Gasteiger partial charge in [0.15, 0.2) is 0 Å². The van der Waals surface area contributed by atoms with Gasteiger partial charge >= 0.3 is 0 Å². The Morgan fingerprint density at radius 2 is 1.62 bits per heavy atom. The van der Waals surface area contributed by atoms with Crippen molar-refractivity contribution in [3.05, 3.63) is 34.9 Å². The fraction of sp³-hybridized carbons (Fsp3) is 0.529. The first-order chi connectivity index (χ1) is 11.4. The summed E-state index contributed by atoms with van der Waals surface area (Å²) in [5, 5.41) is 6.25. The van der Waals surface area contributed by atoms with Crippen LogP contribution in [0.1, 0.15) is 31.1 Å². The van der Waals surface area contributed by atoms with Gasteiger partial charge in [-0.25, -0.2) is 0 Å². The molecule has 0 spiro atoms. The molecule has 0 saturated carbocycles. The van der Waals surface area contributed by atoms with E-state index in [0.29, 0.717) is 23.7 Å². The molecule has 7 heteroatoms. The van der Waals surface area contributed by atoms with Gasteiger partial charge in [0.1, 0.15) is 0 Å². The molecule has 2 rings (SSSR count). The lowest BCUT2D eigenvalue weighted by Crippen LogP contribution is -2.42. The summed E-state index contributed by atoms with van der Waals surface area (Å²) in [5.41, 5.74) is 6.87. The Balaban J connectivity index is 1.72. The predicted octanol–water partition coefficient (Wildman–Crippen LogP) is 1.32. The van der Waals surface area contributed by atoms with Crippen molar-refractivity contribution in [2.45, 2.75) is 32.9 Å². The van der Waals surface area contributed by atoms with Gasteiger partial charge in [-0.05, 0) is 38.1 Å². The summed E-state index contributed by atoms with van der Waals surface area (Å²) in [6, 6.07) is 7.16. The average molecular weight is 353 g/mol. The van der Waals surface area contributed by atoms with Gasteiger partial charge in [-0.3, -0.25) is 20.4 Å². The number of hydrazine groups is 1. The molecule has 2 amide bonds. The van der Waals surface area contributed by atoms with Gasteiger partial charge in [-0.1, -0.05) is 18.5 Å². The van der Waals surface area contributed by atoms with E-state index in [1.54, 1.807) is 24.3 Å². The summed E-state index contributed by atoms with van der Waals surface area (Å²) in [6.45, 7) is 6.85. The van der Waals surface area contributed by atoms with Crippen molar-refractivity contribution in [3.8, 4) is 0 Å². The quantitative estimate of drug-likeness (QED) is 0.582. The summed E-state index contributed by atoms with van der Waals surface area (Å²) >= 11 is 5.79. The second kappa shape index (κ2) is 8.46. The molecular formula is C17H25ClN4O2. The first kappa shape index (κ1) is 18.7. The van der Waals surface area contributed by atoms with Crippen LogP contribution in [0.25, 0.3) is 0 Å². The van der Waals surface area contributed by atoms with Crippen LogP contribution in [0.3, 0.4) is 0 Å². The van der Waals surface area contributed by atoms with Gasteiger partial charge in [-0.2, -0.15) is 0 Å². The van der Waals surface area contributed by atoms with Crippen LogP contribution >= 0.6 is 11.6 Å². The van der Waals surface area contributed by atoms with Gasteiger partial charge in [0, 0.05) is 47.6 Å². The maximum atomic E-state index is 12.3. The third kappa shape index (κ3) is 4.69. The molecule has 1 aliphatic rings. The highest BCUT2D eigenvalue weighted by Crippen LogP contribution is 2.23. The Hall–Kier alpha value is -1.63. The SMILES string of the molecule is CC1NNC(C)C1C(C)C(=O)NCCNC(=O)c1ccc(Cl)cc1. The molecule has 1 aromatic rings. The van der Waals surface area contributed by atoms with Crippen LogP contribution in [0.5, 0.6) is 0 Å². The van der Waals surface area contributed by atoms with Gasteiger partial charge in [0.05, 0.1) is 0 Å². The first-order valence-electron chi connectivity index (χ1n) is 8.22. The molecule has 1 aromatic carbocycles. The molecule has 0 aliphatic carbocycles. The number of benzene rings is 1. The lowest BCUT2D eigenvalue weighted by molar-refractivity contribution is -0.126. The van der Waals surface area contributed by atoms with Crippen molar-refractivity contribution in [1.29, 1.82) is 0 Å². The van der Waals surface area contributed by atoms with Crippen molar-refractivity contribution in [2.75, 3.05) is 13.1 Å². The van der Waals surface area contributed by atoms with E-state index in [1.165, 1.54) is 0 Å². The van der Waals surface area contributed by atoms with E-state index in [2.05, 4.69) is 35.3 Å². The normalized spacial score (nSPS) is 24.4. The highest BCUT2D eigenvalue weighted by atomic mass is 35.5. The summed E-state index contributed by atoms with van der Waals surface area (Å²) in [7, 11) is 0. The van der Waals surface area contributed by atoms with Crippen molar-refractivity contribution < 1.29 is 9.59 Å². The standard InChI is InChI=1S/C17H25ClN4O2/c1-10(15-11(2)21-22-12(15)3)16(23)19-8-9-20-17(24)13-4-6-14(18)7-5-13/h4-7,10-12,15,21-22H,8-9H2,1-3H3,(H,19,23)(H,20,24). The average Bonchev–Trinajstić information content (AvgIpc) is 2.89. The van der Waals surface area contributed by atoms with E-state index in [1.807, 2.05) is 6.92 Å². The highest BCUT2D eigenvalue weighted by Gasteiger charge is 2.37. The van der Waals surface area contributed by atoms with Gasteiger partial charge in [0.25, 0.3) is 5.91 Å². The molecule has 0 aromatic heterocycles. The van der Waals surface area contributed by atoms with Crippen LogP contribution in [-0.4, -0.2) is 37.0 Å². The van der Waals surface area contributed by atoms with Crippen LogP contribution in [0.15, 0.2) is 24.3 Å². The van der Waals surface area contributed by atoms with E-state index in [4.69, 9.17) is 11.6 Å². The zero-order valence-electron chi connectivity index (χ0n) is 14.2. The number of hydrogen-bond donors (Lipinski definition) is 4. The van der Waals surface area contributed by atoms with Gasteiger partial charge < -0.3 is 10.6 Å². The number of hydrogen-bond acceptors (Lipinski definition) is 4. The van der Waals surface area contributed by atoms with Gasteiger partial charge in [-0.15, -0.1) is 0 Å². The monoisotopic (exact) mass is 352 g/mol. The second-order valence-corrected chi connectivity index (χ2v) is 6.72. The maximum absolute atomic E-state index is 12.3. The second-order valence-electron chi connectivity index (χ2n) is 6.29. The molecule has 1 fully saturated rings. The van der Waals surface area contributed by atoms with E-state index >= 15 is 0 Å². The van der Waals surface area contributed by atoms with Gasteiger partial charge in [0.2, 0.25) is 5.91 Å². The van der Waals surface area contributed by atoms with E-state index in [9.17, 15) is 9.59 Å². The molecule has 0 radical (unpaired) electrons. The highest BCUT2D eigenvalue weighted by molar-refractivity contribution is 6.30. The third-order valence-corrected chi connectivity index (χ3v) is 4.75. The Labute approximate surface area is 147 Å². The molecule has 3 atom stereocenters. The molecule has 1 heterocycles. The molecular weight excluding hydrogens is 328 g/mol.